The van der Waals surface area contributed by atoms with Crippen LogP contribution in [0.4, 0.5) is 11.4 Å². The van der Waals surface area contributed by atoms with E-state index in [-0.39, 0.29) is 6.61 Å². The smallest absolute Gasteiger partial charge is 0.0942 e. The van der Waals surface area contributed by atoms with Crippen LogP contribution in [-0.4, -0.2) is 36.5 Å². The van der Waals surface area contributed by atoms with Crippen molar-refractivity contribution < 1.29 is 10.2 Å². The van der Waals surface area contributed by atoms with Gasteiger partial charge in [0, 0.05) is 13.6 Å². The topological polar surface area (TPSA) is 64.5 Å². The first-order valence-electron chi connectivity index (χ1n) is 9.47. The second-order valence-corrected chi connectivity index (χ2v) is 8.43. The van der Waals surface area contributed by atoms with Crippen LogP contribution in [0.5, 0.6) is 0 Å². The molecular formula is C20H30N2O2. The van der Waals surface area contributed by atoms with Crippen molar-refractivity contribution >= 4 is 11.4 Å². The first kappa shape index (κ1) is 16.2. The molecule has 4 N–H and O–H groups in total. The lowest BCUT2D eigenvalue weighted by atomic mass is 9.48. The molecule has 0 aliphatic heterocycles. The highest BCUT2D eigenvalue weighted by Crippen LogP contribution is 2.61. The van der Waals surface area contributed by atoms with Gasteiger partial charge in [-0.05, 0) is 79.4 Å². The number of benzene rings is 1. The van der Waals surface area contributed by atoms with Gasteiger partial charge in [-0.2, -0.15) is 0 Å². The number of anilines is 2. The largest absolute Gasteiger partial charge is 0.394 e. The van der Waals surface area contributed by atoms with Gasteiger partial charge in [-0.3, -0.25) is 0 Å². The SMILES string of the molecule is CNc1ccc(C23CC4CC(CC(C4)C2)C3)cc1NCC(O)CO. The Balaban J connectivity index is 1.61. The molecule has 4 bridgehead atoms. The van der Waals surface area contributed by atoms with Crippen molar-refractivity contribution in [2.45, 2.75) is 50.0 Å². The maximum Gasteiger partial charge on any atom is 0.0942 e. The monoisotopic (exact) mass is 330 g/mol. The molecule has 1 unspecified atom stereocenters. The van der Waals surface area contributed by atoms with Crippen molar-refractivity contribution in [2.24, 2.45) is 17.8 Å². The van der Waals surface area contributed by atoms with Crippen LogP contribution in [0.2, 0.25) is 0 Å². The Labute approximate surface area is 144 Å². The minimum Gasteiger partial charge on any atom is -0.394 e. The Morgan fingerprint density at radius 1 is 1.08 bits per heavy atom. The van der Waals surface area contributed by atoms with Crippen molar-refractivity contribution in [3.8, 4) is 0 Å². The lowest BCUT2D eigenvalue weighted by Gasteiger charge is -2.57. The van der Waals surface area contributed by atoms with Gasteiger partial charge in [0.25, 0.3) is 0 Å². The Morgan fingerprint density at radius 3 is 2.25 bits per heavy atom. The molecule has 0 heterocycles. The van der Waals surface area contributed by atoms with Gasteiger partial charge in [0.05, 0.1) is 24.1 Å². The lowest BCUT2D eigenvalue weighted by molar-refractivity contribution is -0.00516. The van der Waals surface area contributed by atoms with Crippen molar-refractivity contribution in [3.05, 3.63) is 23.8 Å². The van der Waals surface area contributed by atoms with E-state index in [1.54, 1.807) is 0 Å². The third-order valence-electron chi connectivity index (χ3n) is 6.68. The fourth-order valence-corrected chi connectivity index (χ4v) is 5.99. The quantitative estimate of drug-likeness (QED) is 0.647. The average molecular weight is 330 g/mol. The molecule has 5 rings (SSSR count). The highest BCUT2D eigenvalue weighted by Gasteiger charge is 2.51. The molecule has 0 radical (unpaired) electrons. The molecule has 1 aromatic rings. The van der Waals surface area contributed by atoms with E-state index >= 15 is 0 Å². The van der Waals surface area contributed by atoms with E-state index < -0.39 is 6.10 Å². The van der Waals surface area contributed by atoms with Crippen LogP contribution in [-0.2, 0) is 5.41 Å². The predicted octanol–water partition coefficient (Wildman–Crippen LogP) is 2.96. The summed E-state index contributed by atoms with van der Waals surface area (Å²) in [5, 5.41) is 25.2. The summed E-state index contributed by atoms with van der Waals surface area (Å²) in [6, 6.07) is 6.78. The number of nitrogens with one attached hydrogen (secondary N) is 2. The minimum absolute atomic E-state index is 0.212. The molecule has 132 valence electrons. The van der Waals surface area contributed by atoms with E-state index in [2.05, 4.69) is 28.8 Å². The second-order valence-electron chi connectivity index (χ2n) is 8.43. The molecule has 1 atom stereocenters. The minimum atomic E-state index is -0.724. The van der Waals surface area contributed by atoms with Crippen LogP contribution in [0.3, 0.4) is 0 Å². The van der Waals surface area contributed by atoms with Gasteiger partial charge in [0.1, 0.15) is 0 Å². The molecule has 4 heteroatoms. The van der Waals surface area contributed by atoms with Crippen molar-refractivity contribution in [2.75, 3.05) is 30.8 Å². The van der Waals surface area contributed by atoms with E-state index in [1.165, 1.54) is 44.1 Å². The summed E-state index contributed by atoms with van der Waals surface area (Å²) < 4.78 is 0. The van der Waals surface area contributed by atoms with Gasteiger partial charge >= 0.3 is 0 Å². The molecule has 0 saturated heterocycles. The lowest BCUT2D eigenvalue weighted by Crippen LogP contribution is -2.48. The fourth-order valence-electron chi connectivity index (χ4n) is 5.99. The molecule has 1 aromatic carbocycles. The molecule has 4 aliphatic rings. The van der Waals surface area contributed by atoms with Gasteiger partial charge in [-0.1, -0.05) is 6.07 Å². The maximum absolute atomic E-state index is 9.65. The van der Waals surface area contributed by atoms with E-state index in [4.69, 9.17) is 5.11 Å². The number of hydrogen-bond acceptors (Lipinski definition) is 4. The summed E-state index contributed by atoms with van der Waals surface area (Å²) in [6.07, 6.45) is 7.73. The zero-order chi connectivity index (χ0) is 16.7. The van der Waals surface area contributed by atoms with Crippen molar-refractivity contribution in [3.63, 3.8) is 0 Å². The molecule has 0 amide bonds. The number of aliphatic hydroxyl groups is 2. The first-order valence-corrected chi connectivity index (χ1v) is 9.47. The zero-order valence-electron chi connectivity index (χ0n) is 14.6. The van der Waals surface area contributed by atoms with Crippen LogP contribution >= 0.6 is 0 Å². The molecule has 24 heavy (non-hydrogen) atoms. The van der Waals surface area contributed by atoms with Crippen LogP contribution in [0.25, 0.3) is 0 Å². The van der Waals surface area contributed by atoms with E-state index in [0.717, 1.165) is 29.1 Å². The summed E-state index contributed by atoms with van der Waals surface area (Å²) in [5.41, 5.74) is 3.95. The Kier molecular flexibility index (Phi) is 4.21. The highest BCUT2D eigenvalue weighted by molar-refractivity contribution is 5.70. The first-order chi connectivity index (χ1) is 11.6. The normalized spacial score (nSPS) is 35.0. The number of hydrogen-bond donors (Lipinski definition) is 4. The van der Waals surface area contributed by atoms with Gasteiger partial charge in [0.15, 0.2) is 0 Å². The molecule has 0 aromatic heterocycles. The summed E-state index contributed by atoms with van der Waals surface area (Å²) in [6.45, 7) is 0.159. The average Bonchev–Trinajstić information content (AvgIpc) is 2.58. The Morgan fingerprint density at radius 2 is 1.71 bits per heavy atom. The number of aliphatic hydroxyl groups excluding tert-OH is 2. The van der Waals surface area contributed by atoms with Gasteiger partial charge in [-0.15, -0.1) is 0 Å². The molecule has 4 saturated carbocycles. The van der Waals surface area contributed by atoms with E-state index in [1.807, 2.05) is 7.05 Å². The second kappa shape index (κ2) is 6.23. The number of rotatable bonds is 6. The van der Waals surface area contributed by atoms with Crippen LogP contribution in [0.1, 0.15) is 44.1 Å². The molecule has 4 aliphatic carbocycles. The van der Waals surface area contributed by atoms with Crippen LogP contribution < -0.4 is 10.6 Å². The van der Waals surface area contributed by atoms with Crippen LogP contribution in [0.15, 0.2) is 18.2 Å². The maximum atomic E-state index is 9.65. The molecular weight excluding hydrogens is 300 g/mol. The van der Waals surface area contributed by atoms with E-state index in [0.29, 0.717) is 12.0 Å². The summed E-state index contributed by atoms with van der Waals surface area (Å²) in [7, 11) is 1.92. The summed E-state index contributed by atoms with van der Waals surface area (Å²) in [5.74, 6) is 2.81. The summed E-state index contributed by atoms with van der Waals surface area (Å²) >= 11 is 0. The standard InChI is InChI=1S/C20H30N2O2/c1-21-18-3-2-16(7-19(18)22-11-17(24)12-23)20-8-13-4-14(9-20)6-15(5-13)10-20/h2-3,7,13-15,17,21-24H,4-6,8-12H2,1H3. The molecule has 4 nitrogen and oxygen atoms in total. The Hall–Kier alpha value is -1.26. The molecule has 4 fully saturated rings. The van der Waals surface area contributed by atoms with E-state index in [9.17, 15) is 5.11 Å². The predicted molar refractivity (Wildman–Crippen MR) is 97.4 cm³/mol. The fraction of sp³-hybridized carbons (Fsp3) is 0.700. The van der Waals surface area contributed by atoms with Gasteiger partial charge < -0.3 is 20.8 Å². The van der Waals surface area contributed by atoms with Gasteiger partial charge in [0.2, 0.25) is 0 Å². The Bertz CT molecular complexity index is 566. The van der Waals surface area contributed by atoms with Crippen LogP contribution in [0, 0.1) is 17.8 Å². The zero-order valence-corrected chi connectivity index (χ0v) is 14.6. The van der Waals surface area contributed by atoms with Crippen molar-refractivity contribution in [1.82, 2.24) is 0 Å². The molecule has 0 spiro atoms. The van der Waals surface area contributed by atoms with Gasteiger partial charge in [-0.25, -0.2) is 0 Å². The third kappa shape index (κ3) is 2.80. The van der Waals surface area contributed by atoms with Crippen molar-refractivity contribution in [1.29, 1.82) is 0 Å². The highest BCUT2D eigenvalue weighted by atomic mass is 16.3. The third-order valence-corrected chi connectivity index (χ3v) is 6.68. The summed E-state index contributed by atoms with van der Waals surface area (Å²) in [4.78, 5) is 0.